The van der Waals surface area contributed by atoms with Crippen molar-refractivity contribution in [1.29, 1.82) is 0 Å². The smallest absolute Gasteiger partial charge is 0.301 e. The Morgan fingerprint density at radius 3 is 2.62 bits per heavy atom. The molecule has 1 fully saturated rings. The summed E-state index contributed by atoms with van der Waals surface area (Å²) in [6, 6.07) is 22.4. The zero-order valence-electron chi connectivity index (χ0n) is 26.0. The lowest BCUT2D eigenvalue weighted by molar-refractivity contribution is -0.132. The summed E-state index contributed by atoms with van der Waals surface area (Å²) in [5, 5.41) is 22.6. The summed E-state index contributed by atoms with van der Waals surface area (Å²) >= 11 is 2.65. The topological polar surface area (TPSA) is 102 Å². The Balaban J connectivity index is 1.39. The lowest BCUT2D eigenvalue weighted by Crippen LogP contribution is -2.29. The number of halogens is 1. The van der Waals surface area contributed by atoms with Crippen LogP contribution in [0.15, 0.2) is 88.8 Å². The van der Waals surface area contributed by atoms with Crippen LogP contribution in [0.1, 0.15) is 48.1 Å². The standard InChI is InChI=1S/C36H32FN3O5S2/c1-4-5-17-45-28-16-15-23(19-29(28)44-3)31-30(32(41)24-14-13-21(2)27(37)18-24)33(42)34(43)40(31)35-38-39-36(47-35)46-20-25-11-8-10-22-9-6-7-12-26(22)25/h6-16,18-19,31,41H,4-5,17,20H2,1-3H3. The van der Waals surface area contributed by atoms with Gasteiger partial charge in [-0.1, -0.05) is 97.1 Å². The highest BCUT2D eigenvalue weighted by Crippen LogP contribution is 2.46. The number of carbonyl (C=O) groups excluding carboxylic acids is 2. The molecule has 0 radical (unpaired) electrons. The van der Waals surface area contributed by atoms with E-state index < -0.39 is 29.3 Å². The van der Waals surface area contributed by atoms with Crippen molar-refractivity contribution in [3.8, 4) is 11.5 Å². The van der Waals surface area contributed by atoms with E-state index in [1.54, 1.807) is 25.1 Å². The van der Waals surface area contributed by atoms with Crippen molar-refractivity contribution < 1.29 is 28.6 Å². The molecule has 1 atom stereocenters. The fraction of sp³-hybridized carbons (Fsp3) is 0.222. The Morgan fingerprint density at radius 2 is 1.83 bits per heavy atom. The molecule has 1 N–H and O–H groups in total. The number of hydrogen-bond acceptors (Lipinski definition) is 9. The number of unbranched alkanes of at least 4 members (excludes halogenated alkanes) is 1. The predicted molar refractivity (Wildman–Crippen MR) is 183 cm³/mol. The molecule has 1 unspecified atom stereocenters. The molecular weight excluding hydrogens is 638 g/mol. The van der Waals surface area contributed by atoms with Crippen molar-refractivity contribution in [2.24, 2.45) is 0 Å². The van der Waals surface area contributed by atoms with Crippen LogP contribution in [0.2, 0.25) is 0 Å². The van der Waals surface area contributed by atoms with Gasteiger partial charge in [-0.05, 0) is 59.0 Å². The molecular formula is C36H32FN3O5S2. The Hall–Kier alpha value is -4.74. The molecule has 8 nitrogen and oxygen atoms in total. The van der Waals surface area contributed by atoms with Gasteiger partial charge in [0.1, 0.15) is 11.6 Å². The molecule has 240 valence electrons. The predicted octanol–water partition coefficient (Wildman–Crippen LogP) is 8.24. The highest BCUT2D eigenvalue weighted by Gasteiger charge is 2.48. The van der Waals surface area contributed by atoms with Gasteiger partial charge in [-0.15, -0.1) is 10.2 Å². The van der Waals surface area contributed by atoms with Gasteiger partial charge >= 0.3 is 5.91 Å². The molecule has 1 aliphatic heterocycles. The first-order chi connectivity index (χ1) is 22.8. The molecule has 11 heteroatoms. The first kappa shape index (κ1) is 32.2. The number of aryl methyl sites for hydroxylation is 1. The summed E-state index contributed by atoms with van der Waals surface area (Å²) < 4.78 is 26.7. The Kier molecular flexibility index (Phi) is 9.55. The van der Waals surface area contributed by atoms with Gasteiger partial charge in [-0.3, -0.25) is 14.5 Å². The molecule has 1 aromatic heterocycles. The van der Waals surface area contributed by atoms with E-state index >= 15 is 0 Å². The number of aliphatic hydroxyl groups is 1. The summed E-state index contributed by atoms with van der Waals surface area (Å²) in [5.74, 6) is -1.32. The molecule has 1 aliphatic rings. The van der Waals surface area contributed by atoms with Gasteiger partial charge < -0.3 is 14.6 Å². The van der Waals surface area contributed by atoms with Crippen molar-refractivity contribution in [2.45, 2.75) is 42.8 Å². The number of aromatic nitrogens is 2. The van der Waals surface area contributed by atoms with Gasteiger partial charge in [0.05, 0.1) is 25.3 Å². The lowest BCUT2D eigenvalue weighted by atomic mass is 9.94. The van der Waals surface area contributed by atoms with Crippen LogP contribution in [0.5, 0.6) is 11.5 Å². The van der Waals surface area contributed by atoms with E-state index in [1.165, 1.54) is 47.2 Å². The normalized spacial score (nSPS) is 15.8. The summed E-state index contributed by atoms with van der Waals surface area (Å²) in [7, 11) is 1.50. The van der Waals surface area contributed by atoms with Gasteiger partial charge in [-0.2, -0.15) is 0 Å². The third-order valence-electron chi connectivity index (χ3n) is 7.98. The maximum atomic E-state index is 14.6. The fourth-order valence-electron chi connectivity index (χ4n) is 5.46. The molecule has 0 bridgehead atoms. The van der Waals surface area contributed by atoms with E-state index in [1.807, 2.05) is 18.2 Å². The summed E-state index contributed by atoms with van der Waals surface area (Å²) in [6.07, 6.45) is 1.81. The van der Waals surface area contributed by atoms with E-state index in [0.29, 0.717) is 39.3 Å². The van der Waals surface area contributed by atoms with E-state index in [4.69, 9.17) is 9.47 Å². The van der Waals surface area contributed by atoms with E-state index in [2.05, 4.69) is 41.4 Å². The van der Waals surface area contributed by atoms with Crippen LogP contribution in [-0.4, -0.2) is 40.7 Å². The van der Waals surface area contributed by atoms with E-state index in [9.17, 15) is 19.1 Å². The maximum Gasteiger partial charge on any atom is 0.301 e. The number of rotatable bonds is 11. The molecule has 0 saturated carbocycles. The number of Topliss-reactive ketones (excluding diaryl/α,β-unsaturated/α-hetero) is 1. The number of thioether (sulfide) groups is 1. The third-order valence-corrected chi connectivity index (χ3v) is 10.1. The molecule has 0 aliphatic carbocycles. The number of hydrogen-bond donors (Lipinski definition) is 1. The quantitative estimate of drug-likeness (QED) is 0.0375. The molecule has 4 aromatic carbocycles. The van der Waals surface area contributed by atoms with E-state index in [0.717, 1.165) is 35.2 Å². The van der Waals surface area contributed by atoms with Crippen LogP contribution in [0, 0.1) is 12.7 Å². The van der Waals surface area contributed by atoms with Crippen molar-refractivity contribution in [1.82, 2.24) is 10.2 Å². The number of carbonyl (C=O) groups is 2. The van der Waals surface area contributed by atoms with Crippen LogP contribution >= 0.6 is 23.1 Å². The number of benzene rings is 4. The molecule has 2 heterocycles. The Morgan fingerprint density at radius 1 is 1.02 bits per heavy atom. The Bertz CT molecular complexity index is 2000. The van der Waals surface area contributed by atoms with Crippen LogP contribution in [0.4, 0.5) is 9.52 Å². The molecule has 47 heavy (non-hydrogen) atoms. The summed E-state index contributed by atoms with van der Waals surface area (Å²) in [6.45, 7) is 4.15. The molecule has 1 saturated heterocycles. The highest BCUT2D eigenvalue weighted by molar-refractivity contribution is 8.00. The first-order valence-electron chi connectivity index (χ1n) is 15.1. The summed E-state index contributed by atoms with van der Waals surface area (Å²) in [4.78, 5) is 28.6. The Labute approximate surface area is 279 Å². The minimum absolute atomic E-state index is 0.0752. The average molecular weight is 670 g/mol. The number of amides is 1. The van der Waals surface area contributed by atoms with Gasteiger partial charge in [0.25, 0.3) is 5.78 Å². The molecule has 5 aromatic rings. The highest BCUT2D eigenvalue weighted by atomic mass is 32.2. The zero-order chi connectivity index (χ0) is 33.1. The molecule has 6 rings (SSSR count). The van der Waals surface area contributed by atoms with E-state index in [-0.39, 0.29) is 16.3 Å². The van der Waals surface area contributed by atoms with Crippen molar-refractivity contribution in [2.75, 3.05) is 18.6 Å². The maximum absolute atomic E-state index is 14.6. The average Bonchev–Trinajstić information content (AvgIpc) is 3.66. The van der Waals surface area contributed by atoms with Crippen molar-refractivity contribution >= 4 is 56.5 Å². The van der Waals surface area contributed by atoms with Crippen LogP contribution < -0.4 is 14.4 Å². The number of nitrogens with zero attached hydrogens (tertiary/aromatic N) is 3. The van der Waals surface area contributed by atoms with Crippen molar-refractivity contribution in [3.63, 3.8) is 0 Å². The fourth-order valence-corrected chi connectivity index (χ4v) is 7.33. The second kappa shape index (κ2) is 13.9. The number of anilines is 1. The lowest BCUT2D eigenvalue weighted by Gasteiger charge is -2.23. The second-order valence-corrected chi connectivity index (χ2v) is 13.2. The van der Waals surface area contributed by atoms with Gasteiger partial charge in [0, 0.05) is 11.3 Å². The zero-order valence-corrected chi connectivity index (χ0v) is 27.7. The molecule has 0 spiro atoms. The summed E-state index contributed by atoms with van der Waals surface area (Å²) in [5.41, 5.74) is 1.86. The first-order valence-corrected chi connectivity index (χ1v) is 16.9. The van der Waals surface area contributed by atoms with Gasteiger partial charge in [0.15, 0.2) is 15.8 Å². The van der Waals surface area contributed by atoms with Crippen LogP contribution in [0.25, 0.3) is 16.5 Å². The van der Waals surface area contributed by atoms with Crippen LogP contribution in [-0.2, 0) is 15.3 Å². The number of ketones is 1. The second-order valence-electron chi connectivity index (χ2n) is 11.0. The van der Waals surface area contributed by atoms with Crippen molar-refractivity contribution in [3.05, 3.63) is 113 Å². The van der Waals surface area contributed by atoms with Crippen LogP contribution in [0.3, 0.4) is 0 Å². The number of methoxy groups -OCH3 is 1. The number of ether oxygens (including phenoxy) is 2. The monoisotopic (exact) mass is 669 g/mol. The SMILES string of the molecule is CCCCOc1ccc(C2C(=C(O)c3ccc(C)c(F)c3)C(=O)C(=O)N2c2nnc(SCc3cccc4ccccc34)s2)cc1OC. The number of fused-ring (bicyclic) bond motifs is 1. The largest absolute Gasteiger partial charge is 0.507 e. The van der Waals surface area contributed by atoms with Gasteiger partial charge in [-0.25, -0.2) is 4.39 Å². The third kappa shape index (κ3) is 6.45. The molecule has 1 amide bonds. The minimum Gasteiger partial charge on any atom is -0.507 e. The number of aliphatic hydroxyl groups excluding tert-OH is 1. The minimum atomic E-state index is -1.10. The van der Waals surface area contributed by atoms with Gasteiger partial charge in [0.2, 0.25) is 5.13 Å².